The first-order chi connectivity index (χ1) is 6.52. The van der Waals surface area contributed by atoms with Crippen molar-refractivity contribution >= 4 is 23.7 Å². The van der Waals surface area contributed by atoms with Gasteiger partial charge in [0.05, 0.1) is 0 Å². The van der Waals surface area contributed by atoms with Gasteiger partial charge in [0.1, 0.15) is 0 Å². The Balaban J connectivity index is 3.19. The number of H-pyrrole nitrogens is 1. The number of aryl methyl sites for hydroxylation is 1. The maximum absolute atomic E-state index is 11.2. The molecule has 0 bridgehead atoms. The Labute approximate surface area is 82.4 Å². The van der Waals surface area contributed by atoms with E-state index in [0.29, 0.717) is 0 Å². The molecule has 0 atom stereocenters. The molecule has 0 aliphatic carbocycles. The van der Waals surface area contributed by atoms with Crippen molar-refractivity contribution in [3.8, 4) is 5.75 Å². The molecule has 0 spiro atoms. The predicted molar refractivity (Wildman–Crippen MR) is 51.7 cm³/mol. The molecule has 2 aromatic heterocycles. The van der Waals surface area contributed by atoms with Crippen molar-refractivity contribution in [2.45, 2.75) is 0 Å². The highest BCUT2D eigenvalue weighted by molar-refractivity contribution is 7.71. The summed E-state index contributed by atoms with van der Waals surface area (Å²) in [7, 11) is 1.49. The van der Waals surface area contributed by atoms with Gasteiger partial charge in [-0.2, -0.15) is 4.98 Å². The summed E-state index contributed by atoms with van der Waals surface area (Å²) in [5.74, 6) is -0.357. The SMILES string of the molecule is Cn1c(=O)[nH]n2c(=S)nc(N)c(O)c12. The zero-order chi connectivity index (χ0) is 10.5. The van der Waals surface area contributed by atoms with Gasteiger partial charge < -0.3 is 10.8 Å². The number of nitrogen functional groups attached to an aromatic ring is 1. The molecule has 8 heteroatoms. The van der Waals surface area contributed by atoms with Crippen molar-refractivity contribution < 1.29 is 5.11 Å². The Hall–Kier alpha value is -1.83. The Morgan fingerprint density at radius 3 is 2.93 bits per heavy atom. The van der Waals surface area contributed by atoms with Crippen LogP contribution in [-0.2, 0) is 7.05 Å². The summed E-state index contributed by atoms with van der Waals surface area (Å²) in [6, 6.07) is 0. The molecular formula is C6H7N5O2S. The number of hydrogen-bond donors (Lipinski definition) is 3. The van der Waals surface area contributed by atoms with E-state index in [1.807, 2.05) is 0 Å². The average molecular weight is 213 g/mol. The van der Waals surface area contributed by atoms with Crippen LogP contribution < -0.4 is 11.4 Å². The van der Waals surface area contributed by atoms with Crippen molar-refractivity contribution in [2.75, 3.05) is 5.73 Å². The Kier molecular flexibility index (Phi) is 1.61. The van der Waals surface area contributed by atoms with E-state index in [1.54, 1.807) is 0 Å². The second-order valence-electron chi connectivity index (χ2n) is 2.76. The molecule has 0 amide bonds. The number of rotatable bonds is 0. The highest BCUT2D eigenvalue weighted by atomic mass is 32.1. The number of nitrogens with one attached hydrogen (secondary N) is 1. The second-order valence-corrected chi connectivity index (χ2v) is 3.13. The van der Waals surface area contributed by atoms with Crippen LogP contribution in [0.5, 0.6) is 5.75 Å². The van der Waals surface area contributed by atoms with Gasteiger partial charge in [-0.3, -0.25) is 4.57 Å². The fraction of sp³-hybridized carbons (Fsp3) is 0.167. The van der Waals surface area contributed by atoms with Crippen LogP contribution in [0.2, 0.25) is 0 Å². The molecule has 0 saturated heterocycles. The van der Waals surface area contributed by atoms with E-state index >= 15 is 0 Å². The number of aromatic hydroxyl groups is 1. The highest BCUT2D eigenvalue weighted by Gasteiger charge is 2.12. The summed E-state index contributed by atoms with van der Waals surface area (Å²) in [5.41, 5.74) is 5.19. The maximum atomic E-state index is 11.2. The van der Waals surface area contributed by atoms with E-state index in [2.05, 4.69) is 10.1 Å². The van der Waals surface area contributed by atoms with Gasteiger partial charge in [0.2, 0.25) is 10.5 Å². The summed E-state index contributed by atoms with van der Waals surface area (Å²) in [5, 5.41) is 11.9. The first-order valence-corrected chi connectivity index (χ1v) is 4.09. The first kappa shape index (κ1) is 8.75. The first-order valence-electron chi connectivity index (χ1n) is 3.68. The molecule has 2 heterocycles. The zero-order valence-corrected chi connectivity index (χ0v) is 8.00. The van der Waals surface area contributed by atoms with Crippen LogP contribution in [0.4, 0.5) is 5.82 Å². The third-order valence-electron chi connectivity index (χ3n) is 1.90. The minimum absolute atomic E-state index is 0.0907. The monoisotopic (exact) mass is 213 g/mol. The molecule has 0 aromatic carbocycles. The topological polar surface area (TPSA) is 101 Å². The molecule has 4 N–H and O–H groups in total. The molecule has 0 unspecified atom stereocenters. The standard InChI is InChI=1S/C6H7N5O2S/c1-10-4-2(12)3(7)8-6(14)11(4)9-5(10)13/h12H,1H3,(H,9,13)(H2,7,8,14). The van der Waals surface area contributed by atoms with Gasteiger partial charge in [0.15, 0.2) is 11.5 Å². The summed E-state index contributed by atoms with van der Waals surface area (Å²) < 4.78 is 2.49. The molecule has 0 aliphatic rings. The minimum Gasteiger partial charge on any atom is -0.502 e. The largest absolute Gasteiger partial charge is 0.502 e. The molecule has 14 heavy (non-hydrogen) atoms. The van der Waals surface area contributed by atoms with E-state index in [-0.39, 0.29) is 22.0 Å². The van der Waals surface area contributed by atoms with Crippen molar-refractivity contribution in [2.24, 2.45) is 7.05 Å². The van der Waals surface area contributed by atoms with Gasteiger partial charge >= 0.3 is 5.69 Å². The van der Waals surface area contributed by atoms with Crippen molar-refractivity contribution in [3.05, 3.63) is 15.3 Å². The summed E-state index contributed by atoms with van der Waals surface area (Å²) in [6.07, 6.45) is 0. The molecule has 0 aliphatic heterocycles. The van der Waals surface area contributed by atoms with Crippen LogP contribution in [0, 0.1) is 4.77 Å². The highest BCUT2D eigenvalue weighted by Crippen LogP contribution is 2.21. The molecule has 74 valence electrons. The molecule has 2 aromatic rings. The lowest BCUT2D eigenvalue weighted by molar-refractivity contribution is 0.474. The van der Waals surface area contributed by atoms with Gasteiger partial charge in [0, 0.05) is 7.05 Å². The van der Waals surface area contributed by atoms with E-state index in [9.17, 15) is 9.90 Å². The zero-order valence-electron chi connectivity index (χ0n) is 7.18. The second kappa shape index (κ2) is 2.58. The Morgan fingerprint density at radius 2 is 2.29 bits per heavy atom. The van der Waals surface area contributed by atoms with E-state index in [0.717, 1.165) is 0 Å². The third-order valence-corrected chi connectivity index (χ3v) is 2.18. The van der Waals surface area contributed by atoms with E-state index < -0.39 is 5.69 Å². The normalized spacial score (nSPS) is 10.9. The van der Waals surface area contributed by atoms with Crippen LogP contribution in [0.15, 0.2) is 4.79 Å². The molecule has 0 saturated carbocycles. The van der Waals surface area contributed by atoms with E-state index in [1.165, 1.54) is 16.1 Å². The molecule has 2 rings (SSSR count). The summed E-state index contributed by atoms with van der Waals surface area (Å²) in [6.45, 7) is 0. The fourth-order valence-corrected chi connectivity index (χ4v) is 1.42. The minimum atomic E-state index is -0.404. The smallest absolute Gasteiger partial charge is 0.342 e. The number of aromatic nitrogens is 4. The van der Waals surface area contributed by atoms with Crippen molar-refractivity contribution in [1.29, 1.82) is 0 Å². The van der Waals surface area contributed by atoms with Crippen LogP contribution >= 0.6 is 12.2 Å². The fourth-order valence-electron chi connectivity index (χ4n) is 1.19. The van der Waals surface area contributed by atoms with E-state index in [4.69, 9.17) is 18.0 Å². The number of fused-ring (bicyclic) bond motifs is 1. The van der Waals surface area contributed by atoms with Crippen LogP contribution in [0.1, 0.15) is 0 Å². The van der Waals surface area contributed by atoms with Crippen LogP contribution in [-0.4, -0.2) is 24.3 Å². The molecule has 7 nitrogen and oxygen atoms in total. The quantitative estimate of drug-likeness (QED) is 0.506. The van der Waals surface area contributed by atoms with Crippen LogP contribution in [0.25, 0.3) is 5.65 Å². The summed E-state index contributed by atoms with van der Waals surface area (Å²) >= 11 is 4.85. The van der Waals surface area contributed by atoms with Gasteiger partial charge in [0.25, 0.3) is 0 Å². The third kappa shape index (κ3) is 0.940. The predicted octanol–water partition coefficient (Wildman–Crippen LogP) is -0.622. The average Bonchev–Trinajstić information content (AvgIpc) is 2.41. The lowest BCUT2D eigenvalue weighted by atomic mass is 10.5. The van der Waals surface area contributed by atoms with Crippen molar-refractivity contribution in [3.63, 3.8) is 0 Å². The van der Waals surface area contributed by atoms with Gasteiger partial charge in [-0.1, -0.05) is 0 Å². The van der Waals surface area contributed by atoms with Gasteiger partial charge in [-0.05, 0) is 12.2 Å². The number of anilines is 1. The maximum Gasteiger partial charge on any atom is 0.342 e. The molecule has 0 radical (unpaired) electrons. The van der Waals surface area contributed by atoms with Crippen LogP contribution in [0.3, 0.4) is 0 Å². The summed E-state index contributed by atoms with van der Waals surface area (Å²) in [4.78, 5) is 14.9. The molecule has 0 fully saturated rings. The number of hydrogen-bond acceptors (Lipinski definition) is 5. The molecular weight excluding hydrogens is 206 g/mol. The van der Waals surface area contributed by atoms with Gasteiger partial charge in [-0.25, -0.2) is 14.4 Å². The Bertz CT molecular complexity index is 621. The number of aromatic amines is 1. The van der Waals surface area contributed by atoms with Gasteiger partial charge in [-0.15, -0.1) is 0 Å². The van der Waals surface area contributed by atoms with Crippen molar-refractivity contribution in [1.82, 2.24) is 19.2 Å². The number of nitrogens with zero attached hydrogens (tertiary/aromatic N) is 3. The lowest BCUT2D eigenvalue weighted by Gasteiger charge is -2.00. The number of nitrogens with two attached hydrogens (primary N) is 1. The Morgan fingerprint density at radius 1 is 1.64 bits per heavy atom. The lowest BCUT2D eigenvalue weighted by Crippen LogP contribution is -2.12.